The highest BCUT2D eigenvalue weighted by Gasteiger charge is 2.36. The Labute approximate surface area is 125 Å². The van der Waals surface area contributed by atoms with Gasteiger partial charge in [-0.2, -0.15) is 4.31 Å². The van der Waals surface area contributed by atoms with Crippen LogP contribution >= 0.6 is 24.0 Å². The van der Waals surface area contributed by atoms with E-state index in [0.717, 1.165) is 5.56 Å². The van der Waals surface area contributed by atoms with Crippen LogP contribution in [0.1, 0.15) is 12.5 Å². The van der Waals surface area contributed by atoms with E-state index in [4.69, 9.17) is 17.3 Å². The number of hydrogen-bond acceptors (Lipinski definition) is 3. The maximum atomic E-state index is 12.4. The van der Waals surface area contributed by atoms with Crippen LogP contribution in [0.15, 0.2) is 23.1 Å². The first-order valence-electron chi connectivity index (χ1n) is 5.84. The van der Waals surface area contributed by atoms with Crippen molar-refractivity contribution < 1.29 is 8.42 Å². The number of benzene rings is 1. The van der Waals surface area contributed by atoms with Crippen molar-refractivity contribution >= 4 is 34.0 Å². The first-order chi connectivity index (χ1) is 8.32. The number of halogens is 2. The zero-order chi connectivity index (χ0) is 13.5. The van der Waals surface area contributed by atoms with Crippen LogP contribution in [-0.2, 0) is 10.0 Å². The van der Waals surface area contributed by atoms with Crippen LogP contribution < -0.4 is 5.73 Å². The van der Waals surface area contributed by atoms with E-state index in [1.165, 1.54) is 4.31 Å². The standard InChI is InChI=1S/C12H17ClN2O2S.ClH/c1-8-3-4-12(10(13)5-8)18(16,17)15-6-9(2)11(14)7-15;/h3-5,9,11H,6-7,14H2,1-2H3;1H. The number of aryl methyl sites for hydroxylation is 1. The average molecular weight is 325 g/mol. The smallest absolute Gasteiger partial charge is 0.244 e. The minimum Gasteiger partial charge on any atom is -0.326 e. The molecule has 0 saturated carbocycles. The van der Waals surface area contributed by atoms with Crippen molar-refractivity contribution in [1.29, 1.82) is 0 Å². The average Bonchev–Trinajstić information content (AvgIpc) is 2.59. The molecule has 0 aromatic heterocycles. The Morgan fingerprint density at radius 1 is 1.37 bits per heavy atom. The van der Waals surface area contributed by atoms with Gasteiger partial charge in [-0.15, -0.1) is 12.4 Å². The van der Waals surface area contributed by atoms with Crippen molar-refractivity contribution in [2.75, 3.05) is 13.1 Å². The Kier molecular flexibility index (Phi) is 5.26. The summed E-state index contributed by atoms with van der Waals surface area (Å²) in [6.07, 6.45) is 0. The Hall–Kier alpha value is -0.330. The maximum Gasteiger partial charge on any atom is 0.244 e. The molecule has 1 aliphatic rings. The number of hydrogen-bond donors (Lipinski definition) is 1. The van der Waals surface area contributed by atoms with Gasteiger partial charge in [-0.3, -0.25) is 0 Å². The zero-order valence-corrected chi connectivity index (χ0v) is 13.2. The molecular formula is C12H18Cl2N2O2S. The Morgan fingerprint density at radius 2 is 2.00 bits per heavy atom. The molecule has 1 aliphatic heterocycles. The molecule has 0 radical (unpaired) electrons. The van der Waals surface area contributed by atoms with Crippen molar-refractivity contribution in [2.24, 2.45) is 11.7 Å². The molecule has 2 rings (SSSR count). The molecule has 1 saturated heterocycles. The van der Waals surface area contributed by atoms with E-state index < -0.39 is 10.0 Å². The molecule has 7 heteroatoms. The molecule has 0 spiro atoms. The SMILES string of the molecule is Cc1ccc(S(=O)(=O)N2CC(C)C(N)C2)c(Cl)c1.Cl. The normalized spacial score (nSPS) is 24.2. The Morgan fingerprint density at radius 3 is 2.47 bits per heavy atom. The zero-order valence-electron chi connectivity index (χ0n) is 10.8. The molecule has 19 heavy (non-hydrogen) atoms. The molecule has 1 heterocycles. The van der Waals surface area contributed by atoms with Gasteiger partial charge < -0.3 is 5.73 Å². The summed E-state index contributed by atoms with van der Waals surface area (Å²) in [4.78, 5) is 0.163. The fraction of sp³-hybridized carbons (Fsp3) is 0.500. The third-order valence-electron chi connectivity index (χ3n) is 3.34. The minimum atomic E-state index is -3.53. The highest BCUT2D eigenvalue weighted by atomic mass is 35.5. The largest absolute Gasteiger partial charge is 0.326 e. The van der Waals surface area contributed by atoms with Gasteiger partial charge in [-0.05, 0) is 30.5 Å². The Balaban J connectivity index is 0.00000180. The molecule has 1 aromatic carbocycles. The summed E-state index contributed by atoms with van der Waals surface area (Å²) in [5, 5.41) is 0.267. The minimum absolute atomic E-state index is 0. The lowest BCUT2D eigenvalue weighted by Gasteiger charge is -2.17. The van der Waals surface area contributed by atoms with Gasteiger partial charge in [0.2, 0.25) is 10.0 Å². The van der Waals surface area contributed by atoms with Crippen molar-refractivity contribution in [3.05, 3.63) is 28.8 Å². The monoisotopic (exact) mass is 324 g/mol. The van der Waals surface area contributed by atoms with Gasteiger partial charge >= 0.3 is 0 Å². The second-order valence-corrected chi connectivity index (χ2v) is 7.21. The van der Waals surface area contributed by atoms with Crippen molar-refractivity contribution in [2.45, 2.75) is 24.8 Å². The third-order valence-corrected chi connectivity index (χ3v) is 5.66. The summed E-state index contributed by atoms with van der Waals surface area (Å²) < 4.78 is 26.3. The van der Waals surface area contributed by atoms with Crippen LogP contribution in [0.4, 0.5) is 0 Å². The van der Waals surface area contributed by atoms with Crippen LogP contribution in [0.5, 0.6) is 0 Å². The number of nitrogens with zero attached hydrogens (tertiary/aromatic N) is 1. The van der Waals surface area contributed by atoms with Crippen LogP contribution in [0.25, 0.3) is 0 Å². The van der Waals surface area contributed by atoms with Gasteiger partial charge in [0.25, 0.3) is 0 Å². The quantitative estimate of drug-likeness (QED) is 0.905. The molecule has 2 atom stereocenters. The molecule has 108 valence electrons. The Bertz CT molecular complexity index is 553. The summed E-state index contributed by atoms with van der Waals surface area (Å²) in [6.45, 7) is 4.63. The highest BCUT2D eigenvalue weighted by molar-refractivity contribution is 7.89. The van der Waals surface area contributed by atoms with Gasteiger partial charge in [-0.25, -0.2) is 8.42 Å². The lowest BCUT2D eigenvalue weighted by molar-refractivity contribution is 0.464. The predicted octanol–water partition coefficient (Wildman–Crippen LogP) is 2.04. The summed E-state index contributed by atoms with van der Waals surface area (Å²) in [5.41, 5.74) is 6.80. The summed E-state index contributed by atoms with van der Waals surface area (Å²) in [7, 11) is -3.53. The molecule has 2 unspecified atom stereocenters. The van der Waals surface area contributed by atoms with Crippen LogP contribution in [0, 0.1) is 12.8 Å². The second kappa shape index (κ2) is 5.97. The number of rotatable bonds is 2. The third kappa shape index (κ3) is 3.23. The van der Waals surface area contributed by atoms with Crippen LogP contribution in [0.2, 0.25) is 5.02 Å². The summed E-state index contributed by atoms with van der Waals surface area (Å²) in [6, 6.07) is 4.86. The van der Waals surface area contributed by atoms with Crippen LogP contribution in [0.3, 0.4) is 0 Å². The molecule has 2 N–H and O–H groups in total. The first kappa shape index (κ1) is 16.7. The molecule has 0 amide bonds. The van der Waals surface area contributed by atoms with Crippen molar-refractivity contribution in [3.8, 4) is 0 Å². The van der Waals surface area contributed by atoms with E-state index in [1.807, 2.05) is 13.8 Å². The van der Waals surface area contributed by atoms with E-state index >= 15 is 0 Å². The van der Waals surface area contributed by atoms with E-state index in [1.54, 1.807) is 18.2 Å². The topological polar surface area (TPSA) is 63.4 Å². The van der Waals surface area contributed by atoms with Crippen LogP contribution in [-0.4, -0.2) is 31.9 Å². The molecular weight excluding hydrogens is 307 g/mol. The maximum absolute atomic E-state index is 12.4. The van der Waals surface area contributed by atoms with Gasteiger partial charge in [0.1, 0.15) is 4.90 Å². The highest BCUT2D eigenvalue weighted by Crippen LogP contribution is 2.28. The second-order valence-electron chi connectivity index (χ2n) is 4.90. The van der Waals surface area contributed by atoms with Gasteiger partial charge in [0.15, 0.2) is 0 Å². The van der Waals surface area contributed by atoms with Crippen molar-refractivity contribution in [1.82, 2.24) is 4.31 Å². The van der Waals surface area contributed by atoms with Gasteiger partial charge in [0.05, 0.1) is 5.02 Å². The molecule has 0 aliphatic carbocycles. The van der Waals surface area contributed by atoms with E-state index in [9.17, 15) is 8.42 Å². The van der Waals surface area contributed by atoms with Crippen molar-refractivity contribution in [3.63, 3.8) is 0 Å². The lowest BCUT2D eigenvalue weighted by Crippen LogP contribution is -2.32. The molecule has 0 bridgehead atoms. The first-order valence-corrected chi connectivity index (χ1v) is 7.66. The van der Waals surface area contributed by atoms with Gasteiger partial charge in [0, 0.05) is 19.1 Å². The number of sulfonamides is 1. The fourth-order valence-electron chi connectivity index (χ4n) is 2.10. The molecule has 1 fully saturated rings. The fourth-order valence-corrected chi connectivity index (χ4v) is 4.25. The summed E-state index contributed by atoms with van der Waals surface area (Å²) in [5.74, 6) is 0.170. The van der Waals surface area contributed by atoms with Gasteiger partial charge in [-0.1, -0.05) is 24.6 Å². The van der Waals surface area contributed by atoms with E-state index in [-0.39, 0.29) is 34.3 Å². The molecule has 1 aromatic rings. The lowest BCUT2D eigenvalue weighted by atomic mass is 10.1. The van der Waals surface area contributed by atoms with E-state index in [0.29, 0.717) is 13.1 Å². The summed E-state index contributed by atoms with van der Waals surface area (Å²) >= 11 is 6.03. The molecule has 4 nitrogen and oxygen atoms in total. The number of nitrogens with two attached hydrogens (primary N) is 1. The van der Waals surface area contributed by atoms with E-state index in [2.05, 4.69) is 0 Å². The predicted molar refractivity (Wildman–Crippen MR) is 79.3 cm³/mol.